The van der Waals surface area contributed by atoms with Crippen LogP contribution in [-0.4, -0.2) is 41.0 Å². The molecule has 0 saturated heterocycles. The predicted octanol–water partition coefficient (Wildman–Crippen LogP) is 4.53. The summed E-state index contributed by atoms with van der Waals surface area (Å²) in [6, 6.07) is 17.7. The maximum absolute atomic E-state index is 13.1. The van der Waals surface area contributed by atoms with E-state index in [0.29, 0.717) is 18.2 Å². The quantitative estimate of drug-likeness (QED) is 0.327. The second kappa shape index (κ2) is 13.7. The molecule has 0 aromatic heterocycles. The third-order valence-corrected chi connectivity index (χ3v) is 5.54. The van der Waals surface area contributed by atoms with Crippen molar-refractivity contribution >= 4 is 33.9 Å². The van der Waals surface area contributed by atoms with Crippen molar-refractivity contribution in [3.05, 3.63) is 71.8 Å². The van der Waals surface area contributed by atoms with Gasteiger partial charge in [-0.1, -0.05) is 76.6 Å². The van der Waals surface area contributed by atoms with Crippen molar-refractivity contribution in [2.75, 3.05) is 5.33 Å². The van der Waals surface area contributed by atoms with Crippen molar-refractivity contribution in [2.24, 2.45) is 0 Å². The summed E-state index contributed by atoms with van der Waals surface area (Å²) < 4.78 is 10.6. The molecule has 8 heteroatoms. The Balaban J connectivity index is 1.93. The van der Waals surface area contributed by atoms with Crippen molar-refractivity contribution in [2.45, 2.75) is 64.3 Å². The van der Waals surface area contributed by atoms with Gasteiger partial charge in [0.15, 0.2) is 0 Å². The fraction of sp³-hybridized carbons (Fsp3) is 0.423. The van der Waals surface area contributed by atoms with Crippen molar-refractivity contribution in [3.63, 3.8) is 0 Å². The number of benzene rings is 2. The van der Waals surface area contributed by atoms with Crippen molar-refractivity contribution < 1.29 is 23.9 Å². The normalized spacial score (nSPS) is 12.8. The van der Waals surface area contributed by atoms with Gasteiger partial charge >= 0.3 is 12.1 Å². The summed E-state index contributed by atoms with van der Waals surface area (Å²) in [5.74, 6) is -0.686. The molecule has 0 unspecified atom stereocenters. The van der Waals surface area contributed by atoms with Gasteiger partial charge in [0.1, 0.15) is 18.2 Å². The minimum Gasteiger partial charge on any atom is -0.461 e. The van der Waals surface area contributed by atoms with E-state index in [-0.39, 0.29) is 30.9 Å². The third-order valence-electron chi connectivity index (χ3n) is 4.76. The van der Waals surface area contributed by atoms with Gasteiger partial charge in [-0.05, 0) is 38.3 Å². The van der Waals surface area contributed by atoms with Gasteiger partial charge < -0.3 is 20.1 Å². The summed E-state index contributed by atoms with van der Waals surface area (Å²) >= 11 is 3.40. The van der Waals surface area contributed by atoms with E-state index in [1.165, 1.54) is 0 Å². The Hall–Kier alpha value is -2.87. The first kappa shape index (κ1) is 27.4. The number of halogens is 1. The van der Waals surface area contributed by atoms with Crippen LogP contribution in [0.5, 0.6) is 0 Å². The SMILES string of the molecule is CC(C)(C)OC(=O)N[C@@H](Cc1ccccc1)C(=O)N[C@H](CBr)CCC(=O)OCc1ccccc1. The van der Waals surface area contributed by atoms with E-state index in [0.717, 1.165) is 11.1 Å². The van der Waals surface area contributed by atoms with Gasteiger partial charge in [-0.3, -0.25) is 9.59 Å². The van der Waals surface area contributed by atoms with Gasteiger partial charge in [-0.15, -0.1) is 0 Å². The molecular formula is C26H33BrN2O5. The molecule has 184 valence electrons. The maximum atomic E-state index is 13.1. The molecule has 2 atom stereocenters. The minimum atomic E-state index is -0.830. The smallest absolute Gasteiger partial charge is 0.408 e. The molecule has 7 nitrogen and oxygen atoms in total. The maximum Gasteiger partial charge on any atom is 0.408 e. The van der Waals surface area contributed by atoms with Crippen LogP contribution in [0, 0.1) is 0 Å². The zero-order chi connectivity index (χ0) is 25.0. The van der Waals surface area contributed by atoms with E-state index in [2.05, 4.69) is 26.6 Å². The topological polar surface area (TPSA) is 93.7 Å². The second-order valence-electron chi connectivity index (χ2n) is 8.93. The van der Waals surface area contributed by atoms with E-state index in [1.807, 2.05) is 60.7 Å². The molecule has 0 aliphatic heterocycles. The van der Waals surface area contributed by atoms with E-state index < -0.39 is 17.7 Å². The lowest BCUT2D eigenvalue weighted by Crippen LogP contribution is -2.52. The lowest BCUT2D eigenvalue weighted by Gasteiger charge is -2.25. The molecule has 0 aliphatic carbocycles. The van der Waals surface area contributed by atoms with E-state index >= 15 is 0 Å². The number of rotatable bonds is 11. The molecule has 0 saturated carbocycles. The van der Waals surface area contributed by atoms with E-state index in [9.17, 15) is 14.4 Å². The summed E-state index contributed by atoms with van der Waals surface area (Å²) in [6.07, 6.45) is 0.199. The highest BCUT2D eigenvalue weighted by Crippen LogP contribution is 2.10. The number of nitrogens with one attached hydrogen (secondary N) is 2. The number of carbonyl (C=O) groups excluding carboxylic acids is 3. The Kier molecular flexibility index (Phi) is 11.1. The number of ether oxygens (including phenoxy) is 2. The van der Waals surface area contributed by atoms with Crippen molar-refractivity contribution in [1.29, 1.82) is 0 Å². The van der Waals surface area contributed by atoms with Crippen LogP contribution in [0.15, 0.2) is 60.7 Å². The summed E-state index contributed by atoms with van der Waals surface area (Å²) in [4.78, 5) is 37.5. The van der Waals surface area contributed by atoms with Gasteiger partial charge in [0.05, 0.1) is 0 Å². The third kappa shape index (κ3) is 10.8. The highest BCUT2D eigenvalue weighted by Gasteiger charge is 2.26. The number of esters is 1. The van der Waals surface area contributed by atoms with Gasteiger partial charge in [0.25, 0.3) is 0 Å². The molecule has 2 aromatic rings. The number of carbonyl (C=O) groups is 3. The Labute approximate surface area is 209 Å². The number of hydrogen-bond donors (Lipinski definition) is 2. The molecule has 0 heterocycles. The molecule has 0 spiro atoms. The Morgan fingerprint density at radius 2 is 1.50 bits per heavy atom. The molecule has 2 rings (SSSR count). The molecule has 0 radical (unpaired) electrons. The van der Waals surface area contributed by atoms with Crippen LogP contribution in [0.2, 0.25) is 0 Å². The zero-order valence-electron chi connectivity index (χ0n) is 19.9. The fourth-order valence-electron chi connectivity index (χ4n) is 3.10. The standard InChI is InChI=1S/C26H33BrN2O5/c1-26(2,3)34-25(32)29-22(16-19-10-6-4-7-11-19)24(31)28-21(17-27)14-15-23(30)33-18-20-12-8-5-9-13-20/h4-13,21-22H,14-18H2,1-3H3,(H,28,31)(H,29,32)/t21-,22-/m0/s1. The highest BCUT2D eigenvalue weighted by molar-refractivity contribution is 9.09. The molecular weight excluding hydrogens is 500 g/mol. The first-order valence-electron chi connectivity index (χ1n) is 11.3. The van der Waals surface area contributed by atoms with Crippen LogP contribution in [0.25, 0.3) is 0 Å². The molecule has 0 bridgehead atoms. The average Bonchev–Trinajstić information content (AvgIpc) is 2.80. The van der Waals surface area contributed by atoms with Crippen LogP contribution in [0.3, 0.4) is 0 Å². The molecule has 2 aromatic carbocycles. The first-order valence-corrected chi connectivity index (χ1v) is 12.4. The highest BCUT2D eigenvalue weighted by atomic mass is 79.9. The van der Waals surface area contributed by atoms with Crippen molar-refractivity contribution in [3.8, 4) is 0 Å². The summed E-state index contributed by atoms with van der Waals surface area (Å²) in [6.45, 7) is 5.49. The van der Waals surface area contributed by atoms with Crippen LogP contribution in [0.1, 0.15) is 44.7 Å². The largest absolute Gasteiger partial charge is 0.461 e. The zero-order valence-corrected chi connectivity index (χ0v) is 21.5. The van der Waals surface area contributed by atoms with Gasteiger partial charge in [0.2, 0.25) is 5.91 Å². The van der Waals surface area contributed by atoms with Gasteiger partial charge in [0, 0.05) is 24.2 Å². The van der Waals surface area contributed by atoms with Crippen LogP contribution >= 0.6 is 15.9 Å². The molecule has 2 N–H and O–H groups in total. The summed E-state index contributed by atoms with van der Waals surface area (Å²) in [7, 11) is 0. The Morgan fingerprint density at radius 1 is 0.912 bits per heavy atom. The van der Waals surface area contributed by atoms with Crippen LogP contribution in [-0.2, 0) is 32.1 Å². The monoisotopic (exact) mass is 532 g/mol. The van der Waals surface area contributed by atoms with Crippen LogP contribution < -0.4 is 10.6 Å². The summed E-state index contributed by atoms with van der Waals surface area (Å²) in [5, 5.41) is 6.05. The van der Waals surface area contributed by atoms with Crippen LogP contribution in [0.4, 0.5) is 4.79 Å². The number of amides is 2. The molecule has 2 amide bonds. The minimum absolute atomic E-state index is 0.159. The molecule has 0 fully saturated rings. The lowest BCUT2D eigenvalue weighted by molar-refractivity contribution is -0.145. The average molecular weight is 533 g/mol. The van der Waals surface area contributed by atoms with E-state index in [4.69, 9.17) is 9.47 Å². The fourth-order valence-corrected chi connectivity index (χ4v) is 3.59. The van der Waals surface area contributed by atoms with E-state index in [1.54, 1.807) is 20.8 Å². The molecule has 0 aliphatic rings. The number of alkyl carbamates (subject to hydrolysis) is 1. The second-order valence-corrected chi connectivity index (χ2v) is 9.58. The Bertz CT molecular complexity index is 916. The van der Waals surface area contributed by atoms with Gasteiger partial charge in [-0.25, -0.2) is 4.79 Å². The number of hydrogen-bond acceptors (Lipinski definition) is 5. The number of alkyl halides is 1. The predicted molar refractivity (Wildman–Crippen MR) is 135 cm³/mol. The van der Waals surface area contributed by atoms with Crippen molar-refractivity contribution in [1.82, 2.24) is 10.6 Å². The lowest BCUT2D eigenvalue weighted by atomic mass is 10.0. The summed E-state index contributed by atoms with van der Waals surface area (Å²) in [5.41, 5.74) is 1.13. The Morgan fingerprint density at radius 3 is 2.06 bits per heavy atom. The molecule has 34 heavy (non-hydrogen) atoms. The first-order chi connectivity index (χ1) is 16.2. The van der Waals surface area contributed by atoms with Gasteiger partial charge in [-0.2, -0.15) is 0 Å².